The van der Waals surface area contributed by atoms with E-state index in [9.17, 15) is 9.59 Å². The molecule has 7 nitrogen and oxygen atoms in total. The van der Waals surface area contributed by atoms with Crippen LogP contribution < -0.4 is 10.9 Å². The molecule has 0 saturated carbocycles. The molecular formula is C18H22N4O3. The monoisotopic (exact) mass is 342 g/mol. The number of aromatic amines is 1. The van der Waals surface area contributed by atoms with Crippen LogP contribution in [0.1, 0.15) is 27.7 Å². The zero-order chi connectivity index (χ0) is 17.6. The van der Waals surface area contributed by atoms with Crippen LogP contribution in [0.25, 0.3) is 0 Å². The van der Waals surface area contributed by atoms with Crippen LogP contribution in [-0.4, -0.2) is 53.9 Å². The molecule has 0 radical (unpaired) electrons. The molecule has 0 aliphatic carbocycles. The van der Waals surface area contributed by atoms with Gasteiger partial charge in [-0.15, -0.1) is 0 Å². The highest BCUT2D eigenvalue weighted by atomic mass is 16.5. The number of hydrogen-bond acceptors (Lipinski definition) is 5. The quantitative estimate of drug-likeness (QED) is 0.842. The van der Waals surface area contributed by atoms with Gasteiger partial charge in [0.2, 0.25) is 0 Å². The fourth-order valence-corrected chi connectivity index (χ4v) is 2.78. The second kappa shape index (κ2) is 8.04. The van der Waals surface area contributed by atoms with Crippen molar-refractivity contribution in [1.82, 2.24) is 20.4 Å². The number of carbonyl (C=O) groups is 1. The number of rotatable bonds is 5. The van der Waals surface area contributed by atoms with Crippen molar-refractivity contribution in [2.24, 2.45) is 0 Å². The highest BCUT2D eigenvalue weighted by Gasteiger charge is 2.21. The lowest BCUT2D eigenvalue weighted by Gasteiger charge is -2.31. The van der Waals surface area contributed by atoms with Crippen molar-refractivity contribution < 1.29 is 9.53 Å². The third kappa shape index (κ3) is 4.74. The van der Waals surface area contributed by atoms with Gasteiger partial charge in [0, 0.05) is 25.7 Å². The third-order valence-electron chi connectivity index (χ3n) is 4.24. The standard InChI is InChI=1S/C18H22N4O3/c1-13-2-4-14(5-3-13)16(12-22-8-10-25-11-9-22)19-18(24)15-6-7-17(23)21-20-15/h2-7,16H,8-12H2,1H3,(H,19,24)(H,21,23)/t16-/m0/s1. The van der Waals surface area contributed by atoms with E-state index in [1.807, 2.05) is 31.2 Å². The number of aryl methyl sites for hydroxylation is 1. The molecular weight excluding hydrogens is 320 g/mol. The minimum absolute atomic E-state index is 0.167. The van der Waals surface area contributed by atoms with E-state index in [0.717, 1.165) is 18.7 Å². The fourth-order valence-electron chi connectivity index (χ4n) is 2.78. The lowest BCUT2D eigenvalue weighted by Crippen LogP contribution is -2.43. The molecule has 1 amide bonds. The molecule has 2 heterocycles. The van der Waals surface area contributed by atoms with Crippen molar-refractivity contribution >= 4 is 5.91 Å². The molecule has 0 bridgehead atoms. The fraction of sp³-hybridized carbons (Fsp3) is 0.389. The molecule has 1 atom stereocenters. The number of H-pyrrole nitrogens is 1. The summed E-state index contributed by atoms with van der Waals surface area (Å²) in [5.41, 5.74) is 2.07. The van der Waals surface area contributed by atoms with Crippen LogP contribution >= 0.6 is 0 Å². The molecule has 0 unspecified atom stereocenters. The van der Waals surface area contributed by atoms with Gasteiger partial charge < -0.3 is 10.1 Å². The highest BCUT2D eigenvalue weighted by molar-refractivity contribution is 5.92. The second-order valence-corrected chi connectivity index (χ2v) is 6.16. The van der Waals surface area contributed by atoms with Gasteiger partial charge in [0.1, 0.15) is 5.69 Å². The molecule has 1 aromatic carbocycles. The predicted octanol–water partition coefficient (Wildman–Crippen LogP) is 0.882. The molecule has 0 spiro atoms. The lowest BCUT2D eigenvalue weighted by molar-refractivity contribution is 0.0332. The number of hydrogen-bond donors (Lipinski definition) is 2. The maximum Gasteiger partial charge on any atom is 0.272 e. The van der Waals surface area contributed by atoms with E-state index in [2.05, 4.69) is 20.4 Å². The summed E-state index contributed by atoms with van der Waals surface area (Å²) in [6.07, 6.45) is 0. The summed E-state index contributed by atoms with van der Waals surface area (Å²) in [6.45, 7) is 5.82. The van der Waals surface area contributed by atoms with Gasteiger partial charge in [-0.1, -0.05) is 29.8 Å². The summed E-state index contributed by atoms with van der Waals surface area (Å²) in [6, 6.07) is 10.7. The van der Waals surface area contributed by atoms with Crippen LogP contribution in [0.15, 0.2) is 41.2 Å². The zero-order valence-corrected chi connectivity index (χ0v) is 14.2. The van der Waals surface area contributed by atoms with Gasteiger partial charge >= 0.3 is 0 Å². The summed E-state index contributed by atoms with van der Waals surface area (Å²) >= 11 is 0. The Morgan fingerprint density at radius 2 is 1.96 bits per heavy atom. The van der Waals surface area contributed by atoms with E-state index < -0.39 is 0 Å². The predicted molar refractivity (Wildman–Crippen MR) is 93.5 cm³/mol. The van der Waals surface area contributed by atoms with Crippen LogP contribution in [0.2, 0.25) is 0 Å². The van der Waals surface area contributed by atoms with Crippen molar-refractivity contribution in [3.05, 3.63) is 63.6 Å². The zero-order valence-electron chi connectivity index (χ0n) is 14.2. The number of aromatic nitrogens is 2. The van der Waals surface area contributed by atoms with Gasteiger partial charge in [-0.25, -0.2) is 5.10 Å². The van der Waals surface area contributed by atoms with Crippen molar-refractivity contribution in [2.45, 2.75) is 13.0 Å². The van der Waals surface area contributed by atoms with Crippen LogP contribution in [0.3, 0.4) is 0 Å². The lowest BCUT2D eigenvalue weighted by atomic mass is 10.0. The first-order valence-electron chi connectivity index (χ1n) is 8.35. The van der Waals surface area contributed by atoms with Crippen molar-refractivity contribution in [2.75, 3.05) is 32.8 Å². The average molecular weight is 342 g/mol. The number of amides is 1. The number of carbonyl (C=O) groups excluding carboxylic acids is 1. The number of benzene rings is 1. The Kier molecular flexibility index (Phi) is 5.57. The molecule has 2 N–H and O–H groups in total. The van der Waals surface area contributed by atoms with E-state index in [1.165, 1.54) is 17.7 Å². The summed E-state index contributed by atoms with van der Waals surface area (Å²) in [5, 5.41) is 9.12. The van der Waals surface area contributed by atoms with Crippen LogP contribution in [0, 0.1) is 6.92 Å². The molecule has 3 rings (SSSR count). The van der Waals surface area contributed by atoms with Gasteiger partial charge in [0.25, 0.3) is 11.5 Å². The number of morpholine rings is 1. The Morgan fingerprint density at radius 3 is 2.60 bits per heavy atom. The Labute approximate surface area is 146 Å². The van der Waals surface area contributed by atoms with Crippen molar-refractivity contribution in [3.8, 4) is 0 Å². The normalized spacial score (nSPS) is 16.4. The topological polar surface area (TPSA) is 87.3 Å². The van der Waals surface area contributed by atoms with E-state index >= 15 is 0 Å². The molecule has 1 aromatic heterocycles. The van der Waals surface area contributed by atoms with Gasteiger partial charge in [-0.2, -0.15) is 5.10 Å². The molecule has 2 aromatic rings. The molecule has 1 saturated heterocycles. The van der Waals surface area contributed by atoms with Crippen LogP contribution in [-0.2, 0) is 4.74 Å². The first-order valence-corrected chi connectivity index (χ1v) is 8.35. The van der Waals surface area contributed by atoms with Crippen LogP contribution in [0.5, 0.6) is 0 Å². The molecule has 1 aliphatic rings. The van der Waals surface area contributed by atoms with Gasteiger partial charge in [-0.3, -0.25) is 14.5 Å². The van der Waals surface area contributed by atoms with E-state index in [0.29, 0.717) is 19.8 Å². The van der Waals surface area contributed by atoms with Crippen molar-refractivity contribution in [1.29, 1.82) is 0 Å². The molecule has 25 heavy (non-hydrogen) atoms. The Balaban J connectivity index is 1.77. The van der Waals surface area contributed by atoms with Crippen LogP contribution in [0.4, 0.5) is 0 Å². The summed E-state index contributed by atoms with van der Waals surface area (Å²) in [7, 11) is 0. The Bertz CT molecular complexity index is 746. The highest BCUT2D eigenvalue weighted by Crippen LogP contribution is 2.17. The number of nitrogens with zero attached hydrogens (tertiary/aromatic N) is 2. The largest absolute Gasteiger partial charge is 0.379 e. The van der Waals surface area contributed by atoms with Crippen molar-refractivity contribution in [3.63, 3.8) is 0 Å². The maximum atomic E-state index is 12.5. The summed E-state index contributed by atoms with van der Waals surface area (Å²) in [5.74, 6) is -0.310. The minimum Gasteiger partial charge on any atom is -0.379 e. The number of nitrogens with one attached hydrogen (secondary N) is 2. The summed E-state index contributed by atoms with van der Waals surface area (Å²) < 4.78 is 5.39. The van der Waals surface area contributed by atoms with E-state index in [4.69, 9.17) is 4.74 Å². The second-order valence-electron chi connectivity index (χ2n) is 6.16. The maximum absolute atomic E-state index is 12.5. The van der Waals surface area contributed by atoms with E-state index in [1.54, 1.807) is 0 Å². The molecule has 132 valence electrons. The third-order valence-corrected chi connectivity index (χ3v) is 4.24. The average Bonchev–Trinajstić information content (AvgIpc) is 2.63. The van der Waals surface area contributed by atoms with E-state index in [-0.39, 0.29) is 23.2 Å². The van der Waals surface area contributed by atoms with Gasteiger partial charge in [-0.05, 0) is 18.6 Å². The SMILES string of the molecule is Cc1ccc([C@H](CN2CCOCC2)NC(=O)c2ccc(=O)[nH]n2)cc1. The first-order chi connectivity index (χ1) is 12.1. The molecule has 1 aliphatic heterocycles. The Morgan fingerprint density at radius 1 is 1.24 bits per heavy atom. The Hall–Kier alpha value is -2.51. The summed E-state index contributed by atoms with van der Waals surface area (Å²) in [4.78, 5) is 25.9. The minimum atomic E-state index is -0.333. The van der Waals surface area contributed by atoms with Gasteiger partial charge in [0.05, 0.1) is 19.3 Å². The molecule has 7 heteroatoms. The molecule has 1 fully saturated rings. The first kappa shape index (κ1) is 17.3. The van der Waals surface area contributed by atoms with Gasteiger partial charge in [0.15, 0.2) is 0 Å². The number of ether oxygens (including phenoxy) is 1. The smallest absolute Gasteiger partial charge is 0.272 e.